The van der Waals surface area contributed by atoms with Crippen molar-refractivity contribution in [2.24, 2.45) is 0 Å². The fraction of sp³-hybridized carbons (Fsp3) is 0.0312. The van der Waals surface area contributed by atoms with Crippen molar-refractivity contribution in [1.82, 2.24) is 10.3 Å². The van der Waals surface area contributed by atoms with Crippen LogP contribution >= 0.6 is 35.0 Å². The third-order valence-electron chi connectivity index (χ3n) is 6.11. The average Bonchev–Trinajstić information content (AvgIpc) is 3.41. The van der Waals surface area contributed by atoms with Crippen LogP contribution in [0.2, 0.25) is 10.0 Å². The first-order chi connectivity index (χ1) is 20.4. The van der Waals surface area contributed by atoms with Crippen molar-refractivity contribution in [2.45, 2.75) is 4.90 Å². The molecule has 0 atom stereocenters. The second-order valence-electron chi connectivity index (χ2n) is 9.11. The van der Waals surface area contributed by atoms with E-state index in [0.29, 0.717) is 27.0 Å². The molecule has 0 saturated heterocycles. The van der Waals surface area contributed by atoms with Crippen LogP contribution in [0.25, 0.3) is 17.0 Å². The number of fused-ring (bicyclic) bond motifs is 1. The van der Waals surface area contributed by atoms with Crippen LogP contribution in [0.15, 0.2) is 114 Å². The fourth-order valence-corrected chi connectivity index (χ4v) is 5.19. The lowest BCUT2D eigenvalue weighted by molar-refractivity contribution is -0.114. The lowest BCUT2D eigenvalue weighted by atomic mass is 10.1. The maximum absolute atomic E-state index is 13.5. The van der Waals surface area contributed by atoms with Crippen LogP contribution in [0, 0.1) is 0 Å². The molecule has 1 heterocycles. The number of aromatic amines is 1. The van der Waals surface area contributed by atoms with E-state index in [4.69, 9.17) is 23.2 Å². The summed E-state index contributed by atoms with van der Waals surface area (Å²) >= 11 is 13.4. The number of aromatic nitrogens is 1. The van der Waals surface area contributed by atoms with E-state index in [2.05, 4.69) is 20.9 Å². The monoisotopic (exact) mass is 614 g/mol. The normalized spacial score (nSPS) is 11.2. The highest BCUT2D eigenvalue weighted by molar-refractivity contribution is 8.00. The lowest BCUT2D eigenvalue weighted by Gasteiger charge is -2.12. The molecule has 0 bridgehead atoms. The summed E-state index contributed by atoms with van der Waals surface area (Å²) < 4.78 is 0. The SMILES string of the molecule is O=C(CSc1cccc(NC(=O)/C(=C/c2c[nH]c3ccccc23)NC(=O)c2ccccc2)c1)Nc1cc(Cl)ccc1Cl. The molecule has 3 amide bonds. The second kappa shape index (κ2) is 13.4. The van der Waals surface area contributed by atoms with E-state index in [1.807, 2.05) is 36.4 Å². The highest BCUT2D eigenvalue weighted by atomic mass is 35.5. The minimum Gasteiger partial charge on any atom is -0.361 e. The molecule has 0 aliphatic carbocycles. The van der Waals surface area contributed by atoms with Gasteiger partial charge in [-0.25, -0.2) is 0 Å². The van der Waals surface area contributed by atoms with Gasteiger partial charge in [-0.3, -0.25) is 14.4 Å². The summed E-state index contributed by atoms with van der Waals surface area (Å²) in [7, 11) is 0. The predicted octanol–water partition coefficient (Wildman–Crippen LogP) is 7.62. The van der Waals surface area contributed by atoms with Gasteiger partial charge < -0.3 is 20.9 Å². The van der Waals surface area contributed by atoms with E-state index in [0.717, 1.165) is 21.4 Å². The van der Waals surface area contributed by atoms with Gasteiger partial charge >= 0.3 is 0 Å². The number of rotatable bonds is 9. The number of hydrogen-bond donors (Lipinski definition) is 4. The van der Waals surface area contributed by atoms with E-state index in [-0.39, 0.29) is 17.4 Å². The number of anilines is 2. The van der Waals surface area contributed by atoms with Crippen molar-refractivity contribution in [3.8, 4) is 0 Å². The Bertz CT molecular complexity index is 1800. The number of thioether (sulfide) groups is 1. The highest BCUT2D eigenvalue weighted by Crippen LogP contribution is 2.27. The van der Waals surface area contributed by atoms with Gasteiger partial charge in [-0.1, -0.05) is 65.7 Å². The summed E-state index contributed by atoms with van der Waals surface area (Å²) in [6.07, 6.45) is 3.42. The Morgan fingerprint density at radius 1 is 0.833 bits per heavy atom. The Morgan fingerprint density at radius 2 is 1.62 bits per heavy atom. The number of nitrogens with one attached hydrogen (secondary N) is 4. The molecule has 4 aromatic carbocycles. The summed E-state index contributed by atoms with van der Waals surface area (Å²) in [5.74, 6) is -1.06. The number of halogens is 2. The maximum atomic E-state index is 13.5. The molecule has 0 spiro atoms. The molecule has 7 nitrogen and oxygen atoms in total. The van der Waals surface area contributed by atoms with Crippen LogP contribution in [-0.4, -0.2) is 28.5 Å². The number of H-pyrrole nitrogens is 1. The number of para-hydroxylation sites is 1. The van der Waals surface area contributed by atoms with Crippen molar-refractivity contribution < 1.29 is 14.4 Å². The Hall–Kier alpha value is -4.50. The molecule has 4 N–H and O–H groups in total. The number of benzene rings is 4. The number of carbonyl (C=O) groups is 3. The molecular weight excluding hydrogens is 591 g/mol. The molecule has 1 aromatic heterocycles. The molecule has 5 rings (SSSR count). The Labute approximate surface area is 256 Å². The first kappa shape index (κ1) is 29.0. The average molecular weight is 616 g/mol. The summed E-state index contributed by atoms with van der Waals surface area (Å²) in [6, 6.07) is 28.3. The molecule has 0 fully saturated rings. The smallest absolute Gasteiger partial charge is 0.272 e. The molecule has 0 saturated carbocycles. The van der Waals surface area contributed by atoms with Crippen LogP contribution < -0.4 is 16.0 Å². The third-order valence-corrected chi connectivity index (χ3v) is 7.67. The molecule has 42 heavy (non-hydrogen) atoms. The summed E-state index contributed by atoms with van der Waals surface area (Å²) in [5, 5.41) is 10.1. The maximum Gasteiger partial charge on any atom is 0.272 e. The summed E-state index contributed by atoms with van der Waals surface area (Å²) in [6.45, 7) is 0. The molecule has 210 valence electrons. The Kier molecular flexibility index (Phi) is 9.28. The van der Waals surface area contributed by atoms with E-state index in [1.54, 1.807) is 72.9 Å². The molecule has 5 aromatic rings. The molecule has 0 radical (unpaired) electrons. The van der Waals surface area contributed by atoms with Gasteiger partial charge in [0, 0.05) is 43.8 Å². The zero-order chi connectivity index (χ0) is 29.5. The van der Waals surface area contributed by atoms with Crippen LogP contribution in [-0.2, 0) is 9.59 Å². The molecular formula is C32H24Cl2N4O3S. The van der Waals surface area contributed by atoms with Gasteiger partial charge in [0.25, 0.3) is 11.8 Å². The van der Waals surface area contributed by atoms with Crippen LogP contribution in [0.1, 0.15) is 15.9 Å². The zero-order valence-corrected chi connectivity index (χ0v) is 24.3. The quantitative estimate of drug-likeness (QED) is 0.101. The fourth-order valence-electron chi connectivity index (χ4n) is 4.10. The standard InChI is InChI=1S/C32H24Cl2N4O3S/c33-22-13-14-26(34)28(16-22)37-30(39)19-42-24-10-6-9-23(17-24)36-32(41)29(38-31(40)20-7-2-1-3-8-20)15-21-18-35-27-12-5-4-11-25(21)27/h1-18,35H,19H2,(H,36,41)(H,37,39)(H,38,40)/b29-15-. The molecule has 0 unspecified atom stereocenters. The number of hydrogen-bond acceptors (Lipinski definition) is 4. The predicted molar refractivity (Wildman–Crippen MR) is 171 cm³/mol. The highest BCUT2D eigenvalue weighted by Gasteiger charge is 2.16. The third kappa shape index (κ3) is 7.41. The summed E-state index contributed by atoms with van der Waals surface area (Å²) in [4.78, 5) is 42.9. The lowest BCUT2D eigenvalue weighted by Crippen LogP contribution is -2.30. The van der Waals surface area contributed by atoms with Gasteiger partial charge in [-0.2, -0.15) is 0 Å². The van der Waals surface area contributed by atoms with Gasteiger partial charge in [0.1, 0.15) is 5.70 Å². The molecule has 0 aliphatic heterocycles. The van der Waals surface area contributed by atoms with Gasteiger partial charge in [-0.05, 0) is 60.7 Å². The van der Waals surface area contributed by atoms with Crippen LogP contribution in [0.4, 0.5) is 11.4 Å². The van der Waals surface area contributed by atoms with Crippen molar-refractivity contribution >= 4 is 81.0 Å². The van der Waals surface area contributed by atoms with E-state index < -0.39 is 11.8 Å². The zero-order valence-electron chi connectivity index (χ0n) is 22.0. The number of amides is 3. The van der Waals surface area contributed by atoms with Gasteiger partial charge in [-0.15, -0.1) is 11.8 Å². The van der Waals surface area contributed by atoms with Gasteiger partial charge in [0.2, 0.25) is 5.91 Å². The van der Waals surface area contributed by atoms with Crippen LogP contribution in [0.3, 0.4) is 0 Å². The molecule has 10 heteroatoms. The first-order valence-electron chi connectivity index (χ1n) is 12.8. The topological polar surface area (TPSA) is 103 Å². The second-order valence-corrected chi connectivity index (χ2v) is 11.0. The Morgan fingerprint density at radius 3 is 2.45 bits per heavy atom. The van der Waals surface area contributed by atoms with Crippen molar-refractivity contribution in [3.05, 3.63) is 130 Å². The van der Waals surface area contributed by atoms with E-state index >= 15 is 0 Å². The number of carbonyl (C=O) groups excluding carboxylic acids is 3. The molecule has 0 aliphatic rings. The van der Waals surface area contributed by atoms with Crippen molar-refractivity contribution in [3.63, 3.8) is 0 Å². The van der Waals surface area contributed by atoms with Crippen LogP contribution in [0.5, 0.6) is 0 Å². The van der Waals surface area contributed by atoms with Crippen molar-refractivity contribution in [1.29, 1.82) is 0 Å². The minimum atomic E-state index is -0.500. The van der Waals surface area contributed by atoms with E-state index in [1.165, 1.54) is 11.8 Å². The van der Waals surface area contributed by atoms with Crippen molar-refractivity contribution in [2.75, 3.05) is 16.4 Å². The van der Waals surface area contributed by atoms with E-state index in [9.17, 15) is 14.4 Å². The summed E-state index contributed by atoms with van der Waals surface area (Å²) in [5.41, 5.74) is 3.09. The Balaban J connectivity index is 1.31. The minimum absolute atomic E-state index is 0.0736. The largest absolute Gasteiger partial charge is 0.361 e. The van der Waals surface area contributed by atoms with Gasteiger partial charge in [0.15, 0.2) is 0 Å². The van der Waals surface area contributed by atoms with Gasteiger partial charge in [0.05, 0.1) is 16.5 Å². The first-order valence-corrected chi connectivity index (χ1v) is 14.5.